The van der Waals surface area contributed by atoms with Crippen LogP contribution in [0.1, 0.15) is 179 Å². The first-order chi connectivity index (χ1) is 53.7. The van der Waals surface area contributed by atoms with Gasteiger partial charge in [-0.25, -0.2) is 9.59 Å². The van der Waals surface area contributed by atoms with Gasteiger partial charge in [-0.1, -0.05) is 96.2 Å². The van der Waals surface area contributed by atoms with Gasteiger partial charge in [0.2, 0.25) is 0 Å². The van der Waals surface area contributed by atoms with Crippen molar-refractivity contribution >= 4 is 102 Å². The first-order valence-electron chi connectivity index (χ1n) is 37.7. The molecule has 2 aromatic carbocycles. The number of carbonyl (C=O) groups excluding carboxylic acids is 18. The van der Waals surface area contributed by atoms with Crippen LogP contribution in [-0.4, -0.2) is 270 Å². The number of alkyl carbamates (subject to hydrolysis) is 2. The maximum absolute atomic E-state index is 12.3. The summed E-state index contributed by atoms with van der Waals surface area (Å²) < 4.78 is 32.2. The van der Waals surface area contributed by atoms with Gasteiger partial charge in [0.1, 0.15) is 11.2 Å². The van der Waals surface area contributed by atoms with Gasteiger partial charge in [-0.3, -0.25) is 38.8 Å². The molecule has 32 nitrogen and oxygen atoms in total. The van der Waals surface area contributed by atoms with Crippen LogP contribution in [0, 0.1) is 3.57 Å². The number of esters is 4. The van der Waals surface area contributed by atoms with Gasteiger partial charge in [-0.2, -0.15) is 57.5 Å². The summed E-state index contributed by atoms with van der Waals surface area (Å²) in [6.07, 6.45) is 17.0. The zero-order chi connectivity index (χ0) is 87.7. The molecule has 113 heavy (non-hydrogen) atoms. The molecule has 640 valence electrons. The summed E-state index contributed by atoms with van der Waals surface area (Å²) >= 11 is 2.27. The molecule has 0 radical (unpaired) electrons. The molecule has 0 spiro atoms. The van der Waals surface area contributed by atoms with Gasteiger partial charge in [0, 0.05) is 81.1 Å². The zero-order valence-corrected chi connectivity index (χ0v) is 71.9. The van der Waals surface area contributed by atoms with E-state index in [1.807, 2.05) is 57.4 Å². The first-order valence-corrected chi connectivity index (χ1v) is 38.8. The quantitative estimate of drug-likeness (QED) is 0.0270. The van der Waals surface area contributed by atoms with Crippen molar-refractivity contribution in [2.24, 2.45) is 0 Å². The highest BCUT2D eigenvalue weighted by molar-refractivity contribution is 14.1. The van der Waals surface area contributed by atoms with Crippen LogP contribution >= 0.6 is 22.6 Å². The molecular weight excluding hydrogens is 1580 g/mol. The van der Waals surface area contributed by atoms with Crippen molar-refractivity contribution in [2.75, 3.05) is 144 Å². The molecule has 0 fully saturated rings. The summed E-state index contributed by atoms with van der Waals surface area (Å²) in [4.78, 5) is 183. The van der Waals surface area contributed by atoms with Crippen molar-refractivity contribution in [1.82, 2.24) is 40.0 Å². The number of carbonyl (C=O) groups is 6. The second-order valence-electron chi connectivity index (χ2n) is 25.9. The first kappa shape index (κ1) is 117. The van der Waals surface area contributed by atoms with Crippen molar-refractivity contribution in [1.29, 1.82) is 0 Å². The molecule has 0 heterocycles. The third kappa shape index (κ3) is 81.0. The minimum absolute atomic E-state index is 0.0576. The van der Waals surface area contributed by atoms with Crippen molar-refractivity contribution in [2.45, 2.75) is 198 Å². The number of hydrogen-bond donors (Lipinski definition) is 2. The number of hydrogen-bond acceptors (Lipinski definition) is 30. The Labute approximate surface area is 682 Å². The van der Waals surface area contributed by atoms with Gasteiger partial charge in [-0.15, -0.1) is 6.58 Å². The molecule has 2 unspecified atom stereocenters. The zero-order valence-electron chi connectivity index (χ0n) is 69.7. The standard InChI is InChI=1S/C37H64N4O6.C24H47N3O4.C13H18INO2.6CO2/c1-9-23-39(24-10-2)25-27-41(28-26-40(29-34(42)45-12-4)30-35(43)46-13-5)33(11-3)16-14-15-31-17-19-32(20-18-31)21-22-38-36(44)47-37(6,7)8;1-7-13-22(10-4)27(18-16-25(14-8-2)15-9-3)19-17-26(20-23(28)30-11-5)21-24(29)31-12-6;1-13(2,3)17-12(16)15-9-8-10-4-6-11(14)7-5-10;6*2-1-3/h14-15,17-20,33H,9-13,16,21-30H2,1-8H3,(H,38,44);7,22H,1,8-21H2,2-6H3;4-7H,8-9H2,1-3H3,(H,15,16);;;;;;/b15-14+;;;;;;;;. The molecule has 2 N–H and O–H groups in total. The summed E-state index contributed by atoms with van der Waals surface area (Å²) in [5, 5.41) is 5.55. The predicted molar refractivity (Wildman–Crippen MR) is 425 cm³/mol. The third-order valence-electron chi connectivity index (χ3n) is 14.8. The van der Waals surface area contributed by atoms with Crippen molar-refractivity contribution in [3.05, 3.63) is 87.5 Å². The van der Waals surface area contributed by atoms with Crippen LogP contribution < -0.4 is 10.6 Å². The molecule has 0 aliphatic heterocycles. The lowest BCUT2D eigenvalue weighted by molar-refractivity contribution is -0.193. The monoisotopic (exact) mass is 1710 g/mol. The van der Waals surface area contributed by atoms with E-state index in [-0.39, 0.29) is 93.1 Å². The number of nitrogens with zero attached hydrogens (tertiary/aromatic N) is 6. The van der Waals surface area contributed by atoms with E-state index < -0.39 is 17.3 Å². The number of nitrogens with one attached hydrogen (secondary N) is 2. The fourth-order valence-corrected chi connectivity index (χ4v) is 10.7. The SMILES string of the molecule is C=CCC(CC)N(CCN(CCC)CCC)CCN(CC(=O)OCC)CC(=O)OCC.CC(C)(C)OC(=O)NCCc1ccc(I)cc1.CCCN(CCC)CCN(CCN(CC(=O)OCC)CC(=O)OCC)C(CC)C/C=C/c1ccc(CCNC(=O)OC(C)(C)C)cc1.O=C=O.O=C=O.O=C=O.O=C=O.O=C=O.O=C=O. The fraction of sp³-hybridized carbons (Fsp3) is 0.650. The van der Waals surface area contributed by atoms with Crippen LogP contribution in [0.3, 0.4) is 0 Å². The minimum atomic E-state index is -0.509. The summed E-state index contributed by atoms with van der Waals surface area (Å²) in [5.74, 6) is -1.29. The van der Waals surface area contributed by atoms with Crippen LogP contribution in [0.2, 0.25) is 0 Å². The fourth-order valence-electron chi connectivity index (χ4n) is 10.3. The number of halogens is 1. The molecule has 0 aromatic heterocycles. The molecule has 0 aliphatic carbocycles. The lowest BCUT2D eigenvalue weighted by Gasteiger charge is -2.34. The molecule has 2 aromatic rings. The Morgan fingerprint density at radius 2 is 0.673 bits per heavy atom. The predicted octanol–water partition coefficient (Wildman–Crippen LogP) is 8.84. The summed E-state index contributed by atoms with van der Waals surface area (Å²) in [5.41, 5.74) is 2.54. The van der Waals surface area contributed by atoms with E-state index >= 15 is 0 Å². The molecule has 0 bridgehead atoms. The average molecular weight is 1710 g/mol. The molecule has 0 aliphatic rings. The number of benzene rings is 2. The molecule has 2 atom stereocenters. The summed E-state index contributed by atoms with van der Waals surface area (Å²) in [7, 11) is 0. The Bertz CT molecular complexity index is 2860. The summed E-state index contributed by atoms with van der Waals surface area (Å²) in [6.45, 7) is 49.1. The Morgan fingerprint density at radius 1 is 0.407 bits per heavy atom. The molecular formula is C80H129IN8O24. The smallest absolute Gasteiger partial charge is 0.407 e. The van der Waals surface area contributed by atoms with E-state index in [0.29, 0.717) is 64.7 Å². The van der Waals surface area contributed by atoms with Crippen molar-refractivity contribution < 1.29 is 115 Å². The Hall–Kier alpha value is -8.89. The second kappa shape index (κ2) is 82.6. The lowest BCUT2D eigenvalue weighted by Crippen LogP contribution is -2.46. The van der Waals surface area contributed by atoms with Crippen LogP contribution in [0.4, 0.5) is 9.59 Å². The van der Waals surface area contributed by atoms with Gasteiger partial charge in [0.25, 0.3) is 0 Å². The van der Waals surface area contributed by atoms with Crippen LogP contribution in [0.25, 0.3) is 6.08 Å². The van der Waals surface area contributed by atoms with Gasteiger partial charge in [-0.05, 0) is 211 Å². The van der Waals surface area contributed by atoms with Crippen LogP contribution in [0.5, 0.6) is 0 Å². The number of amides is 2. The summed E-state index contributed by atoms with van der Waals surface area (Å²) in [6, 6.07) is 17.4. The maximum Gasteiger partial charge on any atom is 0.407 e. The van der Waals surface area contributed by atoms with Gasteiger partial charge in [0.15, 0.2) is 0 Å². The molecule has 0 saturated heterocycles. The maximum atomic E-state index is 12.3. The van der Waals surface area contributed by atoms with Crippen molar-refractivity contribution in [3.63, 3.8) is 0 Å². The Morgan fingerprint density at radius 3 is 0.920 bits per heavy atom. The number of ether oxygens (including phenoxy) is 6. The van der Waals surface area contributed by atoms with Crippen LogP contribution in [0.15, 0.2) is 67.3 Å². The average Bonchev–Trinajstić information content (AvgIpc) is 0.895. The highest BCUT2D eigenvalue weighted by atomic mass is 127. The normalized spacial score (nSPS) is 10.7. The Balaban J connectivity index is -0.000000289. The van der Waals surface area contributed by atoms with E-state index in [9.17, 15) is 28.8 Å². The van der Waals surface area contributed by atoms with E-state index in [1.54, 1.807) is 27.7 Å². The van der Waals surface area contributed by atoms with Crippen LogP contribution in [-0.2, 0) is 118 Å². The Kier molecular flexibility index (Phi) is 85.8. The highest BCUT2D eigenvalue weighted by Gasteiger charge is 2.24. The molecule has 2 rings (SSSR count). The van der Waals surface area contributed by atoms with Gasteiger partial charge in [0.05, 0.1) is 52.6 Å². The highest BCUT2D eigenvalue weighted by Crippen LogP contribution is 2.16. The second-order valence-corrected chi connectivity index (χ2v) is 27.2. The molecule has 2 amide bonds. The minimum Gasteiger partial charge on any atom is -0.465 e. The molecule has 33 heteroatoms. The van der Waals surface area contributed by atoms with Gasteiger partial charge < -0.3 is 48.9 Å². The van der Waals surface area contributed by atoms with E-state index in [0.717, 1.165) is 141 Å². The molecule has 0 saturated carbocycles. The van der Waals surface area contributed by atoms with Crippen molar-refractivity contribution in [3.8, 4) is 0 Å². The number of rotatable bonds is 47. The third-order valence-corrected chi connectivity index (χ3v) is 15.5. The largest absolute Gasteiger partial charge is 0.465 e. The topological polar surface area (TPSA) is 406 Å². The van der Waals surface area contributed by atoms with Gasteiger partial charge >= 0.3 is 73.0 Å². The van der Waals surface area contributed by atoms with E-state index in [4.69, 9.17) is 86.0 Å². The van der Waals surface area contributed by atoms with E-state index in [1.165, 1.54) is 9.13 Å². The lowest BCUT2D eigenvalue weighted by atomic mass is 10.1. The van der Waals surface area contributed by atoms with E-state index in [2.05, 4.69) is 162 Å².